The number of hydrogen-bond donors (Lipinski definition) is 0. The highest BCUT2D eigenvalue weighted by Crippen LogP contribution is 2.48. The molecule has 0 heterocycles. The second-order valence-electron chi connectivity index (χ2n) is 5.32. The van der Waals surface area contributed by atoms with E-state index in [-0.39, 0.29) is 0 Å². The summed E-state index contributed by atoms with van der Waals surface area (Å²) in [5.41, 5.74) is 0.535. The fraction of sp³-hybridized carbons (Fsp3) is 1.00. The van der Waals surface area contributed by atoms with E-state index in [1.165, 1.54) is 12.6 Å². The molecule has 0 unspecified atom stereocenters. The van der Waals surface area contributed by atoms with Gasteiger partial charge in [0.2, 0.25) is 0 Å². The Morgan fingerprint density at radius 2 is 1.40 bits per heavy atom. The van der Waals surface area contributed by atoms with E-state index in [2.05, 4.69) is 40.8 Å². The van der Waals surface area contributed by atoms with Crippen molar-refractivity contribution in [1.82, 2.24) is 0 Å². The van der Waals surface area contributed by atoms with Crippen LogP contribution in [0.3, 0.4) is 0 Å². The molecule has 1 heteroatoms. The minimum Gasteiger partial charge on any atom is -0.0600 e. The minimum atomic E-state index is -0.512. The lowest BCUT2D eigenvalue weighted by molar-refractivity contribution is 0.400. The molecule has 0 nitrogen and oxygen atoms in total. The standard InChI is InChI=1S/C9H22P/c1-9(2,3)7-8-10(4,5)6/h7-8H2,1-6H3/q+1. The van der Waals surface area contributed by atoms with Gasteiger partial charge in [-0.15, -0.1) is 0 Å². The molecule has 0 aromatic heterocycles. The summed E-state index contributed by atoms with van der Waals surface area (Å²) in [5, 5.41) is 0. The lowest BCUT2D eigenvalue weighted by Gasteiger charge is -2.20. The third-order valence-electron chi connectivity index (χ3n) is 1.53. The SMILES string of the molecule is CC(C)(C)CC[P+](C)(C)C. The largest absolute Gasteiger partial charge is 0.0600 e. The third-order valence-corrected chi connectivity index (χ3v) is 3.10. The van der Waals surface area contributed by atoms with E-state index < -0.39 is 7.26 Å². The Hall–Kier alpha value is 0.430. The summed E-state index contributed by atoms with van der Waals surface area (Å²) in [6.07, 6.45) is 2.82. The average Bonchev–Trinajstić information content (AvgIpc) is 1.57. The van der Waals surface area contributed by atoms with Crippen LogP contribution in [0.25, 0.3) is 0 Å². The predicted molar refractivity (Wildman–Crippen MR) is 53.6 cm³/mol. The molecule has 62 valence electrons. The molecule has 0 saturated heterocycles. The molecule has 0 aliphatic heterocycles. The maximum Gasteiger partial charge on any atom is 0.0591 e. The number of hydrogen-bond acceptors (Lipinski definition) is 0. The van der Waals surface area contributed by atoms with Crippen molar-refractivity contribution in [3.05, 3.63) is 0 Å². The molecule has 0 aliphatic carbocycles. The first kappa shape index (κ1) is 10.4. The summed E-state index contributed by atoms with van der Waals surface area (Å²) >= 11 is 0. The molecular weight excluding hydrogens is 139 g/mol. The second kappa shape index (κ2) is 3.22. The Morgan fingerprint density at radius 3 is 1.50 bits per heavy atom. The summed E-state index contributed by atoms with van der Waals surface area (Å²) in [6.45, 7) is 14.2. The minimum absolute atomic E-state index is 0.512. The first-order valence-electron chi connectivity index (χ1n) is 4.01. The maximum atomic E-state index is 2.42. The smallest absolute Gasteiger partial charge is 0.0591 e. The fourth-order valence-corrected chi connectivity index (χ4v) is 2.01. The van der Waals surface area contributed by atoms with Crippen LogP contribution in [0, 0.1) is 5.41 Å². The molecule has 0 N–H and O–H groups in total. The van der Waals surface area contributed by atoms with Crippen LogP contribution in [-0.4, -0.2) is 26.2 Å². The van der Waals surface area contributed by atoms with Gasteiger partial charge in [0.05, 0.1) is 6.16 Å². The molecule has 0 spiro atoms. The van der Waals surface area contributed by atoms with Gasteiger partial charge in [-0.3, -0.25) is 0 Å². The highest BCUT2D eigenvalue weighted by molar-refractivity contribution is 7.73. The van der Waals surface area contributed by atoms with Crippen molar-refractivity contribution < 1.29 is 0 Å². The zero-order valence-electron chi connectivity index (χ0n) is 8.36. The van der Waals surface area contributed by atoms with Crippen LogP contribution in [0.2, 0.25) is 0 Å². The molecule has 0 bridgehead atoms. The topological polar surface area (TPSA) is 0 Å². The van der Waals surface area contributed by atoms with Crippen molar-refractivity contribution in [2.45, 2.75) is 27.2 Å². The molecule has 0 saturated carbocycles. The molecule has 0 aliphatic rings. The maximum absolute atomic E-state index is 2.42. The van der Waals surface area contributed by atoms with Crippen LogP contribution in [0.1, 0.15) is 27.2 Å². The Bertz CT molecular complexity index is 78.3. The van der Waals surface area contributed by atoms with Crippen LogP contribution < -0.4 is 0 Å². The zero-order valence-corrected chi connectivity index (χ0v) is 9.26. The van der Waals surface area contributed by atoms with E-state index in [0.29, 0.717) is 5.41 Å². The van der Waals surface area contributed by atoms with Crippen molar-refractivity contribution in [3.63, 3.8) is 0 Å². The van der Waals surface area contributed by atoms with E-state index in [0.717, 1.165) is 0 Å². The van der Waals surface area contributed by atoms with Crippen molar-refractivity contribution in [2.24, 2.45) is 5.41 Å². The van der Waals surface area contributed by atoms with Crippen molar-refractivity contribution in [1.29, 1.82) is 0 Å². The predicted octanol–water partition coefficient (Wildman–Crippen LogP) is 3.33. The normalized spacial score (nSPS) is 13.8. The molecule has 0 atom stereocenters. The van der Waals surface area contributed by atoms with Crippen molar-refractivity contribution >= 4 is 7.26 Å². The molecule has 0 radical (unpaired) electrons. The van der Waals surface area contributed by atoms with E-state index in [4.69, 9.17) is 0 Å². The van der Waals surface area contributed by atoms with Gasteiger partial charge in [0.15, 0.2) is 0 Å². The Labute approximate surface area is 66.7 Å². The fourth-order valence-electron chi connectivity index (χ4n) is 0.671. The molecule has 10 heavy (non-hydrogen) atoms. The molecule has 0 aromatic rings. The first-order chi connectivity index (χ1) is 4.21. The highest BCUT2D eigenvalue weighted by Gasteiger charge is 2.21. The van der Waals surface area contributed by atoms with E-state index in [1.807, 2.05) is 0 Å². The van der Waals surface area contributed by atoms with E-state index in [1.54, 1.807) is 0 Å². The third kappa shape index (κ3) is 8.43. The van der Waals surface area contributed by atoms with Gasteiger partial charge in [0.25, 0.3) is 0 Å². The van der Waals surface area contributed by atoms with Crippen LogP contribution in [0.15, 0.2) is 0 Å². The summed E-state index contributed by atoms with van der Waals surface area (Å²) in [4.78, 5) is 0. The molecular formula is C9H22P+. The summed E-state index contributed by atoms with van der Waals surface area (Å²) in [7, 11) is -0.512. The summed E-state index contributed by atoms with van der Waals surface area (Å²) in [6, 6.07) is 0. The Kier molecular flexibility index (Phi) is 3.36. The lowest BCUT2D eigenvalue weighted by atomic mass is 9.94. The van der Waals surface area contributed by atoms with Crippen LogP contribution in [0.4, 0.5) is 0 Å². The van der Waals surface area contributed by atoms with Gasteiger partial charge in [0.1, 0.15) is 0 Å². The Balaban J connectivity index is 3.56. The van der Waals surface area contributed by atoms with E-state index >= 15 is 0 Å². The average molecular weight is 161 g/mol. The van der Waals surface area contributed by atoms with Gasteiger partial charge < -0.3 is 0 Å². The van der Waals surface area contributed by atoms with Gasteiger partial charge in [-0.1, -0.05) is 20.8 Å². The first-order valence-corrected chi connectivity index (χ1v) is 7.33. The summed E-state index contributed by atoms with van der Waals surface area (Å²) < 4.78 is 0. The van der Waals surface area contributed by atoms with Gasteiger partial charge in [-0.25, -0.2) is 0 Å². The van der Waals surface area contributed by atoms with Crippen LogP contribution >= 0.6 is 7.26 Å². The zero-order chi connectivity index (χ0) is 8.41. The van der Waals surface area contributed by atoms with E-state index in [9.17, 15) is 0 Å². The quantitative estimate of drug-likeness (QED) is 0.545. The molecule has 0 aromatic carbocycles. The molecule has 0 fully saturated rings. The van der Waals surface area contributed by atoms with Gasteiger partial charge in [-0.2, -0.15) is 0 Å². The van der Waals surface area contributed by atoms with Crippen LogP contribution in [0.5, 0.6) is 0 Å². The van der Waals surface area contributed by atoms with Gasteiger partial charge in [0, 0.05) is 27.3 Å². The molecule has 0 rings (SSSR count). The highest BCUT2D eigenvalue weighted by atomic mass is 31.2. The monoisotopic (exact) mass is 161 g/mol. The number of rotatable bonds is 2. The summed E-state index contributed by atoms with van der Waals surface area (Å²) in [5.74, 6) is 0. The van der Waals surface area contributed by atoms with Crippen molar-refractivity contribution in [2.75, 3.05) is 26.2 Å². The van der Waals surface area contributed by atoms with Crippen LogP contribution in [-0.2, 0) is 0 Å². The molecule has 0 amide bonds. The Morgan fingerprint density at radius 1 is 1.00 bits per heavy atom. The second-order valence-corrected chi connectivity index (χ2v) is 10.4. The van der Waals surface area contributed by atoms with Gasteiger partial charge >= 0.3 is 0 Å². The lowest BCUT2D eigenvalue weighted by Crippen LogP contribution is -2.08. The van der Waals surface area contributed by atoms with Gasteiger partial charge in [-0.05, 0) is 11.8 Å². The van der Waals surface area contributed by atoms with Crippen molar-refractivity contribution in [3.8, 4) is 0 Å².